The number of aliphatic hydroxyl groups excluding tert-OH is 1. The average Bonchev–Trinajstić information content (AvgIpc) is 2.31. The van der Waals surface area contributed by atoms with Crippen molar-refractivity contribution >= 4 is 0 Å². The molecule has 0 aromatic heterocycles. The van der Waals surface area contributed by atoms with Crippen LogP contribution < -0.4 is 4.74 Å². The number of aliphatic hydroxyl groups is 1. The third-order valence-corrected chi connectivity index (χ3v) is 2.83. The zero-order chi connectivity index (χ0) is 11.4. The predicted octanol–water partition coefficient (Wildman–Crippen LogP) is 2.30. The molecule has 0 amide bonds. The Hall–Kier alpha value is -1.06. The van der Waals surface area contributed by atoms with Gasteiger partial charge in [0, 0.05) is 12.8 Å². The highest BCUT2D eigenvalue weighted by atomic mass is 16.5. The summed E-state index contributed by atoms with van der Waals surface area (Å²) in [7, 11) is 0. The van der Waals surface area contributed by atoms with Crippen LogP contribution in [0.25, 0.3) is 0 Å². The minimum absolute atomic E-state index is 0.270. The highest BCUT2D eigenvalue weighted by molar-refractivity contribution is 5.28. The molecule has 0 radical (unpaired) electrons. The van der Waals surface area contributed by atoms with Crippen molar-refractivity contribution in [2.24, 2.45) is 0 Å². The maximum atomic E-state index is 9.38. The first-order valence-corrected chi connectivity index (χ1v) is 5.78. The van der Waals surface area contributed by atoms with Gasteiger partial charge < -0.3 is 14.6 Å². The van der Waals surface area contributed by atoms with Crippen LogP contribution in [0, 0.1) is 0 Å². The van der Waals surface area contributed by atoms with Crippen molar-refractivity contribution in [3.63, 3.8) is 0 Å². The van der Waals surface area contributed by atoms with Crippen molar-refractivity contribution in [2.45, 2.75) is 32.0 Å². The van der Waals surface area contributed by atoms with E-state index in [0.29, 0.717) is 0 Å². The fourth-order valence-corrected chi connectivity index (χ4v) is 1.81. The van der Waals surface area contributed by atoms with E-state index < -0.39 is 6.10 Å². The van der Waals surface area contributed by atoms with Crippen molar-refractivity contribution in [2.75, 3.05) is 13.2 Å². The van der Waals surface area contributed by atoms with Gasteiger partial charge in [-0.15, -0.1) is 0 Å². The molecular formula is C13H18O3. The number of rotatable bonds is 3. The molecule has 0 aliphatic carbocycles. The lowest BCUT2D eigenvalue weighted by molar-refractivity contribution is 0.0255. The minimum atomic E-state index is -0.419. The Morgan fingerprint density at radius 1 is 1.25 bits per heavy atom. The molecule has 0 bridgehead atoms. The van der Waals surface area contributed by atoms with Crippen LogP contribution >= 0.6 is 0 Å². The molecule has 0 spiro atoms. The van der Waals surface area contributed by atoms with E-state index in [0.717, 1.165) is 37.4 Å². The first kappa shape index (κ1) is 11.4. The zero-order valence-corrected chi connectivity index (χ0v) is 9.56. The molecular weight excluding hydrogens is 204 g/mol. The van der Waals surface area contributed by atoms with E-state index in [4.69, 9.17) is 9.47 Å². The highest BCUT2D eigenvalue weighted by Gasteiger charge is 2.15. The van der Waals surface area contributed by atoms with E-state index in [9.17, 15) is 5.11 Å². The monoisotopic (exact) mass is 222 g/mol. The summed E-state index contributed by atoms with van der Waals surface area (Å²) in [4.78, 5) is 0. The summed E-state index contributed by atoms with van der Waals surface area (Å²) in [5.41, 5.74) is 0.916. The molecule has 1 atom stereocenters. The minimum Gasteiger partial charge on any atom is -0.490 e. The fraction of sp³-hybridized carbons (Fsp3) is 0.538. The van der Waals surface area contributed by atoms with Crippen molar-refractivity contribution in [3.8, 4) is 5.75 Å². The molecule has 3 heteroatoms. The lowest BCUT2D eigenvalue weighted by Gasteiger charge is -2.23. The maximum Gasteiger partial charge on any atom is 0.119 e. The van der Waals surface area contributed by atoms with Gasteiger partial charge in [-0.3, -0.25) is 0 Å². The third-order valence-electron chi connectivity index (χ3n) is 2.83. The number of ether oxygens (including phenoxy) is 2. The molecule has 1 aromatic carbocycles. The summed E-state index contributed by atoms with van der Waals surface area (Å²) in [6.07, 6.45) is 1.76. The van der Waals surface area contributed by atoms with E-state index in [-0.39, 0.29) is 6.10 Å². The van der Waals surface area contributed by atoms with Gasteiger partial charge in [0.25, 0.3) is 0 Å². The van der Waals surface area contributed by atoms with Crippen LogP contribution in [-0.2, 0) is 4.74 Å². The molecule has 3 nitrogen and oxygen atoms in total. The van der Waals surface area contributed by atoms with Crippen molar-refractivity contribution in [1.29, 1.82) is 0 Å². The largest absolute Gasteiger partial charge is 0.490 e. The molecule has 0 saturated carbocycles. The second-order valence-corrected chi connectivity index (χ2v) is 4.17. The molecule has 1 N–H and O–H groups in total. The smallest absolute Gasteiger partial charge is 0.119 e. The van der Waals surface area contributed by atoms with Crippen molar-refractivity contribution in [1.82, 2.24) is 0 Å². The maximum absolute atomic E-state index is 9.38. The Kier molecular flexibility index (Phi) is 3.80. The molecule has 1 heterocycles. The van der Waals surface area contributed by atoms with Crippen LogP contribution in [0.2, 0.25) is 0 Å². The molecule has 1 aromatic rings. The Morgan fingerprint density at radius 2 is 1.88 bits per heavy atom. The van der Waals surface area contributed by atoms with E-state index >= 15 is 0 Å². The van der Waals surface area contributed by atoms with Crippen LogP contribution in [-0.4, -0.2) is 24.4 Å². The highest BCUT2D eigenvalue weighted by Crippen LogP contribution is 2.20. The SMILES string of the molecule is CC(O)c1ccc(OC2CCOCC2)cc1. The van der Waals surface area contributed by atoms with Gasteiger partial charge in [0.1, 0.15) is 11.9 Å². The van der Waals surface area contributed by atoms with Gasteiger partial charge in [-0.2, -0.15) is 0 Å². The van der Waals surface area contributed by atoms with Crippen molar-refractivity contribution < 1.29 is 14.6 Å². The molecule has 1 saturated heterocycles. The number of benzene rings is 1. The summed E-state index contributed by atoms with van der Waals surface area (Å²) >= 11 is 0. The van der Waals surface area contributed by atoms with Gasteiger partial charge in [-0.25, -0.2) is 0 Å². The summed E-state index contributed by atoms with van der Waals surface area (Å²) in [6, 6.07) is 7.63. The van der Waals surface area contributed by atoms with Crippen LogP contribution in [0.5, 0.6) is 5.75 Å². The normalized spacial score (nSPS) is 19.4. The summed E-state index contributed by atoms with van der Waals surface area (Å²) < 4.78 is 11.1. The Balaban J connectivity index is 1.93. The molecule has 1 fully saturated rings. The molecule has 16 heavy (non-hydrogen) atoms. The molecule has 2 rings (SSSR count). The number of hydrogen-bond donors (Lipinski definition) is 1. The quantitative estimate of drug-likeness (QED) is 0.852. The fourth-order valence-electron chi connectivity index (χ4n) is 1.81. The van der Waals surface area contributed by atoms with Crippen molar-refractivity contribution in [3.05, 3.63) is 29.8 Å². The third kappa shape index (κ3) is 2.97. The first-order valence-electron chi connectivity index (χ1n) is 5.78. The van der Waals surface area contributed by atoms with E-state index in [2.05, 4.69) is 0 Å². The summed E-state index contributed by atoms with van der Waals surface area (Å²) in [5.74, 6) is 0.872. The van der Waals surface area contributed by atoms with Gasteiger partial charge in [0.05, 0.1) is 19.3 Å². The lowest BCUT2D eigenvalue weighted by atomic mass is 10.1. The van der Waals surface area contributed by atoms with Crippen LogP contribution in [0.4, 0.5) is 0 Å². The average molecular weight is 222 g/mol. The molecule has 1 unspecified atom stereocenters. The van der Waals surface area contributed by atoms with Gasteiger partial charge in [-0.1, -0.05) is 12.1 Å². The number of hydrogen-bond acceptors (Lipinski definition) is 3. The van der Waals surface area contributed by atoms with Gasteiger partial charge >= 0.3 is 0 Å². The first-order chi connectivity index (χ1) is 7.75. The second-order valence-electron chi connectivity index (χ2n) is 4.17. The standard InChI is InChI=1S/C13H18O3/c1-10(14)11-2-4-12(5-3-11)16-13-6-8-15-9-7-13/h2-5,10,13-14H,6-9H2,1H3. The lowest BCUT2D eigenvalue weighted by Crippen LogP contribution is -2.25. The van der Waals surface area contributed by atoms with Gasteiger partial charge in [-0.05, 0) is 24.6 Å². The Labute approximate surface area is 96.0 Å². The van der Waals surface area contributed by atoms with Crippen LogP contribution in [0.15, 0.2) is 24.3 Å². The summed E-state index contributed by atoms with van der Waals surface area (Å²) in [6.45, 7) is 3.33. The van der Waals surface area contributed by atoms with E-state index in [1.165, 1.54) is 0 Å². The van der Waals surface area contributed by atoms with Crippen LogP contribution in [0.1, 0.15) is 31.4 Å². The van der Waals surface area contributed by atoms with Crippen LogP contribution in [0.3, 0.4) is 0 Å². The Morgan fingerprint density at radius 3 is 2.44 bits per heavy atom. The second kappa shape index (κ2) is 5.32. The summed E-state index contributed by atoms with van der Waals surface area (Å²) in [5, 5.41) is 9.38. The topological polar surface area (TPSA) is 38.7 Å². The van der Waals surface area contributed by atoms with Gasteiger partial charge in [0.2, 0.25) is 0 Å². The zero-order valence-electron chi connectivity index (χ0n) is 9.56. The molecule has 88 valence electrons. The van der Waals surface area contributed by atoms with Gasteiger partial charge in [0.15, 0.2) is 0 Å². The molecule has 1 aliphatic rings. The predicted molar refractivity (Wildman–Crippen MR) is 61.5 cm³/mol. The molecule has 1 aliphatic heterocycles. The van der Waals surface area contributed by atoms with E-state index in [1.807, 2.05) is 24.3 Å². The Bertz CT molecular complexity index is 312. The van der Waals surface area contributed by atoms with E-state index in [1.54, 1.807) is 6.92 Å².